The van der Waals surface area contributed by atoms with Crippen molar-refractivity contribution in [1.29, 1.82) is 0 Å². The van der Waals surface area contributed by atoms with E-state index < -0.39 is 28.0 Å². The molecule has 2 fully saturated rings. The van der Waals surface area contributed by atoms with Crippen molar-refractivity contribution in [1.82, 2.24) is 19.9 Å². The van der Waals surface area contributed by atoms with Crippen molar-refractivity contribution < 1.29 is 22.7 Å². The van der Waals surface area contributed by atoms with Gasteiger partial charge in [0.05, 0.1) is 24.0 Å². The van der Waals surface area contributed by atoms with Crippen LogP contribution in [0.25, 0.3) is 10.9 Å². The van der Waals surface area contributed by atoms with Gasteiger partial charge in [-0.15, -0.1) is 0 Å². The number of rotatable bonds is 7. The molecule has 166 valence electrons. The van der Waals surface area contributed by atoms with Crippen molar-refractivity contribution in [2.75, 3.05) is 18.8 Å². The maximum atomic E-state index is 12.6. The van der Waals surface area contributed by atoms with E-state index in [-0.39, 0.29) is 18.3 Å². The Balaban J connectivity index is 1.29. The molecule has 1 aromatic heterocycles. The Bertz CT molecular complexity index is 1100. The molecule has 2 N–H and O–H groups in total. The number of hydrogen-bond acceptors (Lipinski definition) is 6. The fourth-order valence-corrected chi connectivity index (χ4v) is 5.62. The van der Waals surface area contributed by atoms with Gasteiger partial charge in [-0.05, 0) is 43.9 Å². The van der Waals surface area contributed by atoms with Gasteiger partial charge in [0.15, 0.2) is 0 Å². The van der Waals surface area contributed by atoms with Crippen LogP contribution in [0, 0.1) is 6.92 Å². The number of nitrogens with one attached hydrogen (secondary N) is 2. The maximum absolute atomic E-state index is 12.6. The van der Waals surface area contributed by atoms with Gasteiger partial charge >= 0.3 is 6.03 Å². The molecule has 1 atom stereocenters. The Labute approximate surface area is 181 Å². The molecule has 2 aliphatic heterocycles. The summed E-state index contributed by atoms with van der Waals surface area (Å²) < 4.78 is 32.8. The number of benzene rings is 1. The number of sulfonamides is 1. The lowest BCUT2D eigenvalue weighted by molar-refractivity contribution is -0.120. The number of piperidine rings is 1. The van der Waals surface area contributed by atoms with Crippen LogP contribution in [0.1, 0.15) is 30.5 Å². The number of pyridine rings is 1. The predicted octanol–water partition coefficient (Wildman–Crippen LogP) is 1.45. The van der Waals surface area contributed by atoms with Crippen LogP contribution in [0.2, 0.25) is 0 Å². The van der Waals surface area contributed by atoms with Crippen LogP contribution in [0.15, 0.2) is 30.3 Å². The summed E-state index contributed by atoms with van der Waals surface area (Å²) in [6.07, 6.45) is 1.27. The van der Waals surface area contributed by atoms with Crippen molar-refractivity contribution >= 4 is 32.9 Å². The fourth-order valence-electron chi connectivity index (χ4n) is 4.06. The topological polar surface area (TPSA) is 118 Å². The first kappa shape index (κ1) is 21.7. The summed E-state index contributed by atoms with van der Waals surface area (Å²) in [5.41, 5.74) is 2.95. The highest BCUT2D eigenvalue weighted by molar-refractivity contribution is 7.89. The van der Waals surface area contributed by atoms with Crippen LogP contribution in [0.3, 0.4) is 0 Å². The molecule has 10 heteroatoms. The Morgan fingerprint density at radius 2 is 1.94 bits per heavy atom. The monoisotopic (exact) mass is 446 g/mol. The van der Waals surface area contributed by atoms with Gasteiger partial charge in [-0.2, -0.15) is 0 Å². The van der Waals surface area contributed by atoms with Crippen LogP contribution in [-0.4, -0.2) is 60.6 Å². The van der Waals surface area contributed by atoms with E-state index in [1.807, 2.05) is 37.3 Å². The van der Waals surface area contributed by atoms with E-state index in [1.54, 1.807) is 0 Å². The van der Waals surface area contributed by atoms with Gasteiger partial charge < -0.3 is 10.1 Å². The van der Waals surface area contributed by atoms with Crippen molar-refractivity contribution in [3.63, 3.8) is 0 Å². The molecule has 31 heavy (non-hydrogen) atoms. The second kappa shape index (κ2) is 8.89. The van der Waals surface area contributed by atoms with Crippen molar-refractivity contribution in [3.05, 3.63) is 41.6 Å². The number of aromatic nitrogens is 1. The first-order valence-electron chi connectivity index (χ1n) is 10.4. The molecule has 0 saturated carbocycles. The zero-order valence-electron chi connectivity index (χ0n) is 17.3. The molecule has 2 saturated heterocycles. The Morgan fingerprint density at radius 3 is 2.65 bits per heavy atom. The molecule has 1 unspecified atom stereocenters. The summed E-state index contributed by atoms with van der Waals surface area (Å²) >= 11 is 0. The summed E-state index contributed by atoms with van der Waals surface area (Å²) in [4.78, 5) is 27.3. The van der Waals surface area contributed by atoms with Crippen LogP contribution in [-0.2, 0) is 26.2 Å². The van der Waals surface area contributed by atoms with Gasteiger partial charge in [0.1, 0.15) is 6.04 Å². The van der Waals surface area contributed by atoms with Crippen LogP contribution >= 0.6 is 0 Å². The highest BCUT2D eigenvalue weighted by Crippen LogP contribution is 2.23. The number of aryl methyl sites for hydroxylation is 1. The minimum Gasteiger partial charge on any atom is -0.373 e. The minimum atomic E-state index is -3.50. The van der Waals surface area contributed by atoms with Gasteiger partial charge in [0.2, 0.25) is 10.0 Å². The molecule has 3 heterocycles. The van der Waals surface area contributed by atoms with Gasteiger partial charge in [0.25, 0.3) is 5.91 Å². The third-order valence-corrected chi connectivity index (χ3v) is 7.63. The summed E-state index contributed by atoms with van der Waals surface area (Å²) in [6, 6.07) is 8.61. The lowest BCUT2D eigenvalue weighted by Crippen LogP contribution is -2.43. The van der Waals surface area contributed by atoms with Gasteiger partial charge in [0, 0.05) is 24.2 Å². The van der Waals surface area contributed by atoms with Gasteiger partial charge in [-0.1, -0.05) is 18.2 Å². The smallest absolute Gasteiger partial charge is 0.322 e. The number of carbonyl (C=O) groups excluding carboxylic acids is 2. The molecule has 2 aliphatic rings. The normalized spacial score (nSPS) is 20.7. The Hall–Kier alpha value is -2.56. The highest BCUT2D eigenvalue weighted by Gasteiger charge is 2.33. The fraction of sp³-hybridized carbons (Fsp3) is 0.476. The van der Waals surface area contributed by atoms with Crippen molar-refractivity contribution in [2.45, 2.75) is 44.9 Å². The average molecular weight is 447 g/mol. The Kier molecular flexibility index (Phi) is 6.22. The van der Waals surface area contributed by atoms with E-state index in [2.05, 4.69) is 15.6 Å². The number of fused-ring (bicyclic) bond motifs is 1. The zero-order chi connectivity index (χ0) is 22.0. The quantitative estimate of drug-likeness (QED) is 0.622. The first-order valence-corrected chi connectivity index (χ1v) is 12.0. The lowest BCUT2D eigenvalue weighted by Gasteiger charge is -2.31. The SMILES string of the molecule is Cc1cc(COC2CCN(S(=O)(=O)CCC3NC(=O)NC3=O)CC2)c2ccccc2n1. The minimum absolute atomic E-state index is 0.0152. The van der Waals surface area contributed by atoms with Crippen molar-refractivity contribution in [3.8, 4) is 0 Å². The molecule has 0 aliphatic carbocycles. The van der Waals surface area contributed by atoms with Gasteiger partial charge in [-0.3, -0.25) is 15.1 Å². The standard InChI is InChI=1S/C21H26N4O5S/c1-14-12-15(17-4-2-3-5-18(17)22-14)13-30-16-6-9-25(10-7-16)31(28,29)11-8-19-20(26)24-21(27)23-19/h2-5,12,16,19H,6-11,13H2,1H3,(H2,23,24,26,27). The van der Waals surface area contributed by atoms with E-state index in [1.165, 1.54) is 4.31 Å². The summed E-state index contributed by atoms with van der Waals surface area (Å²) in [7, 11) is -3.50. The van der Waals surface area contributed by atoms with E-state index in [0.717, 1.165) is 22.2 Å². The molecule has 3 amide bonds. The van der Waals surface area contributed by atoms with E-state index in [0.29, 0.717) is 32.5 Å². The van der Waals surface area contributed by atoms with Crippen LogP contribution in [0.5, 0.6) is 0 Å². The number of nitrogens with zero attached hydrogens (tertiary/aromatic N) is 2. The molecule has 9 nitrogen and oxygen atoms in total. The van der Waals surface area contributed by atoms with Crippen LogP contribution < -0.4 is 10.6 Å². The number of para-hydroxylation sites is 1. The summed E-state index contributed by atoms with van der Waals surface area (Å²) in [6.45, 7) is 3.18. The molecule has 0 bridgehead atoms. The number of imide groups is 1. The number of urea groups is 1. The predicted molar refractivity (Wildman–Crippen MR) is 115 cm³/mol. The van der Waals surface area contributed by atoms with Gasteiger partial charge in [-0.25, -0.2) is 17.5 Å². The van der Waals surface area contributed by atoms with Crippen LogP contribution in [0.4, 0.5) is 4.79 Å². The molecule has 4 rings (SSSR count). The second-order valence-corrected chi connectivity index (χ2v) is 10.1. The zero-order valence-corrected chi connectivity index (χ0v) is 18.2. The largest absolute Gasteiger partial charge is 0.373 e. The first-order chi connectivity index (χ1) is 14.8. The third-order valence-electron chi connectivity index (χ3n) is 5.72. The Morgan fingerprint density at radius 1 is 1.19 bits per heavy atom. The summed E-state index contributed by atoms with van der Waals surface area (Å²) in [5.74, 6) is -0.662. The molecule has 2 aromatic rings. The summed E-state index contributed by atoms with van der Waals surface area (Å²) in [5, 5.41) is 5.61. The lowest BCUT2D eigenvalue weighted by atomic mass is 10.1. The van der Waals surface area contributed by atoms with Crippen molar-refractivity contribution in [2.24, 2.45) is 0 Å². The highest BCUT2D eigenvalue weighted by atomic mass is 32.2. The van der Waals surface area contributed by atoms with E-state index in [4.69, 9.17) is 4.74 Å². The number of hydrogen-bond donors (Lipinski definition) is 2. The van der Waals surface area contributed by atoms with E-state index >= 15 is 0 Å². The number of carbonyl (C=O) groups is 2. The molecular weight excluding hydrogens is 420 g/mol. The molecule has 0 spiro atoms. The maximum Gasteiger partial charge on any atom is 0.322 e. The molecule has 1 aromatic carbocycles. The third kappa shape index (κ3) is 5.03. The number of ether oxygens (including phenoxy) is 1. The molecule has 0 radical (unpaired) electrons. The number of amides is 3. The van der Waals surface area contributed by atoms with E-state index in [9.17, 15) is 18.0 Å². The average Bonchev–Trinajstić information content (AvgIpc) is 3.07. The molecular formula is C21H26N4O5S. The second-order valence-electron chi connectivity index (χ2n) is 7.97.